The molecule has 0 heterocycles. The van der Waals surface area contributed by atoms with Gasteiger partial charge in [0.25, 0.3) is 0 Å². The monoisotopic (exact) mass is 546 g/mol. The summed E-state index contributed by atoms with van der Waals surface area (Å²) in [5, 5.41) is 4.17. The third-order valence-corrected chi connectivity index (χ3v) is 12.5. The molecule has 0 spiro atoms. The van der Waals surface area contributed by atoms with Gasteiger partial charge in [-0.2, -0.15) is 11.1 Å². The Labute approximate surface area is 234 Å². The predicted octanol–water partition coefficient (Wildman–Crippen LogP) is -3.67. The first-order valence-electron chi connectivity index (χ1n) is 10.4. The summed E-state index contributed by atoms with van der Waals surface area (Å²) >= 11 is 0. The second kappa shape index (κ2) is 12.6. The van der Waals surface area contributed by atoms with Gasteiger partial charge in [-0.15, -0.1) is 6.92 Å². The molecule has 0 saturated carbocycles. The molecule has 5 heteroatoms. The van der Waals surface area contributed by atoms with Gasteiger partial charge >= 0.3 is 21.7 Å². The Morgan fingerprint density at radius 3 is 1.48 bits per heavy atom. The van der Waals surface area contributed by atoms with Crippen molar-refractivity contribution >= 4 is 23.6 Å². The van der Waals surface area contributed by atoms with Gasteiger partial charge in [0.1, 0.15) is 8.07 Å². The van der Waals surface area contributed by atoms with Crippen molar-refractivity contribution in [2.45, 2.75) is 39.7 Å². The summed E-state index contributed by atoms with van der Waals surface area (Å²) in [4.78, 5) is 0. The summed E-state index contributed by atoms with van der Waals surface area (Å²) in [7, 11) is -2.48. The second-order valence-electron chi connectivity index (χ2n) is 8.48. The van der Waals surface area contributed by atoms with E-state index >= 15 is 0 Å². The van der Waals surface area contributed by atoms with Crippen molar-refractivity contribution in [2.24, 2.45) is 0 Å². The van der Waals surface area contributed by atoms with E-state index in [1.54, 1.807) is 0 Å². The van der Waals surface area contributed by atoms with Crippen molar-refractivity contribution in [2.75, 3.05) is 0 Å². The molecule has 0 bridgehead atoms. The third-order valence-electron chi connectivity index (χ3n) is 6.93. The molecule has 1 atom stereocenters. The average Bonchev–Trinajstić information content (AvgIpc) is 2.94. The van der Waals surface area contributed by atoms with Crippen LogP contribution in [0.15, 0.2) is 102 Å². The van der Waals surface area contributed by atoms with E-state index in [-0.39, 0.29) is 64.0 Å². The molecule has 0 fully saturated rings. The van der Waals surface area contributed by atoms with Crippen molar-refractivity contribution in [3.63, 3.8) is 0 Å². The molecule has 1 unspecified atom stereocenters. The Hall–Kier alpha value is -1.06. The first-order chi connectivity index (χ1) is 13.9. The zero-order valence-electron chi connectivity index (χ0n) is 19.7. The van der Waals surface area contributed by atoms with Gasteiger partial charge in [-0.3, -0.25) is 6.08 Å². The minimum Gasteiger partial charge on any atom is -1.00 e. The molecule has 1 aliphatic carbocycles. The molecule has 0 N–H and O–H groups in total. The average molecular weight is 548 g/mol. The maximum absolute atomic E-state index is 3.99. The van der Waals surface area contributed by atoms with Gasteiger partial charge in [0.15, 0.2) is 0 Å². The molecular weight excluding hydrogens is 519 g/mol. The number of hydrogen-bond donors (Lipinski definition) is 0. The van der Waals surface area contributed by atoms with Crippen molar-refractivity contribution in [3.05, 3.63) is 113 Å². The van der Waals surface area contributed by atoms with Crippen LogP contribution in [0.25, 0.3) is 0 Å². The number of hydrogen-bond acceptors (Lipinski definition) is 0. The molecule has 1 aliphatic rings. The Morgan fingerprint density at radius 2 is 1.09 bits per heavy atom. The minimum atomic E-state index is -2.48. The Bertz CT molecular complexity index is 1070. The first-order valence-corrected chi connectivity index (χ1v) is 12.4. The van der Waals surface area contributed by atoms with Gasteiger partial charge in [0.2, 0.25) is 0 Å². The van der Waals surface area contributed by atoms with E-state index in [1.807, 2.05) is 0 Å². The van der Waals surface area contributed by atoms with Crippen LogP contribution in [0.5, 0.6) is 0 Å². The van der Waals surface area contributed by atoms with Crippen LogP contribution in [0.4, 0.5) is 0 Å². The molecule has 33 heavy (non-hydrogen) atoms. The summed E-state index contributed by atoms with van der Waals surface area (Å²) in [6.45, 7) is 11.4. The smallest absolute Gasteiger partial charge is 1.00 e. The molecule has 0 amide bonds. The van der Waals surface area contributed by atoms with Gasteiger partial charge in [-0.1, -0.05) is 116 Å². The van der Waals surface area contributed by atoms with Crippen molar-refractivity contribution in [3.8, 4) is 0 Å². The van der Waals surface area contributed by atoms with Gasteiger partial charge in [-0.25, -0.2) is 5.57 Å². The largest absolute Gasteiger partial charge is 4.00 e. The zero-order chi connectivity index (χ0) is 20.6. The first kappa shape index (κ1) is 31.9. The van der Waals surface area contributed by atoms with E-state index in [1.165, 1.54) is 37.8 Å². The summed E-state index contributed by atoms with van der Waals surface area (Å²) in [6, 6.07) is 31.6. The number of aryl methyl sites for hydroxylation is 1. The fourth-order valence-electron chi connectivity index (χ4n) is 5.21. The van der Waals surface area contributed by atoms with Gasteiger partial charge in [0, 0.05) is 0 Å². The van der Waals surface area contributed by atoms with E-state index in [4.69, 9.17) is 0 Å². The molecule has 0 radical (unpaired) electrons. The van der Waals surface area contributed by atoms with Crippen molar-refractivity contribution in [1.82, 2.24) is 0 Å². The van der Waals surface area contributed by atoms with Gasteiger partial charge < -0.3 is 37.2 Å². The van der Waals surface area contributed by atoms with Crippen LogP contribution in [-0.4, -0.2) is 8.07 Å². The molecule has 0 aromatic heterocycles. The summed E-state index contributed by atoms with van der Waals surface area (Å²) in [6.07, 6.45) is 3.99. The number of allylic oxidation sites excluding steroid dienone is 4. The third kappa shape index (κ3) is 5.15. The fraction of sp³-hybridized carbons (Fsp3) is 0.214. The summed E-state index contributed by atoms with van der Waals surface area (Å²) < 4.78 is 0. The molecule has 0 saturated heterocycles. The fourth-order valence-corrected chi connectivity index (χ4v) is 11.2. The van der Waals surface area contributed by atoms with Crippen LogP contribution < -0.4 is 52.8 Å². The molecule has 4 rings (SSSR count). The Balaban J connectivity index is 0.00000256. The molecular formula is C28H29Cl3SiTi. The predicted molar refractivity (Wildman–Crippen MR) is 128 cm³/mol. The summed E-state index contributed by atoms with van der Waals surface area (Å²) in [5.74, 6) is 0. The molecule has 0 nitrogen and oxygen atoms in total. The Kier molecular flexibility index (Phi) is 12.2. The van der Waals surface area contributed by atoms with Crippen LogP contribution in [0.2, 0.25) is 5.04 Å². The van der Waals surface area contributed by atoms with Gasteiger partial charge in [-0.05, 0) is 22.5 Å². The van der Waals surface area contributed by atoms with Crippen LogP contribution >= 0.6 is 0 Å². The molecule has 3 aromatic rings. The molecule has 3 aromatic carbocycles. The maximum atomic E-state index is 3.99. The topological polar surface area (TPSA) is 0 Å². The number of halogens is 3. The van der Waals surface area contributed by atoms with Gasteiger partial charge in [0.05, 0.1) is 0 Å². The van der Waals surface area contributed by atoms with Crippen LogP contribution in [0, 0.1) is 13.0 Å². The van der Waals surface area contributed by atoms with Crippen LogP contribution in [-0.2, 0) is 21.7 Å². The number of rotatable bonds is 4. The van der Waals surface area contributed by atoms with E-state index in [9.17, 15) is 0 Å². The molecule has 170 valence electrons. The van der Waals surface area contributed by atoms with Crippen LogP contribution in [0.3, 0.4) is 0 Å². The molecule has 0 aliphatic heterocycles. The van der Waals surface area contributed by atoms with Crippen molar-refractivity contribution < 1.29 is 58.9 Å². The second-order valence-corrected chi connectivity index (χ2v) is 12.7. The number of benzene rings is 3. The normalized spacial score (nSPS) is 17.1. The zero-order valence-corrected chi connectivity index (χ0v) is 24.5. The van der Waals surface area contributed by atoms with Crippen LogP contribution in [0.1, 0.15) is 33.3 Å². The van der Waals surface area contributed by atoms with E-state index in [0.717, 1.165) is 0 Å². The van der Waals surface area contributed by atoms with E-state index < -0.39 is 8.07 Å². The SMILES string of the molecule is CC1=[C-]C(C)([Si](c2ccccc2)(c2ccccc2)c2cccc(C)c2)C(C)=C1C.[Cl-].[Cl-].[Cl-].[Ti+4]. The van der Waals surface area contributed by atoms with E-state index in [2.05, 4.69) is 126 Å². The minimum absolute atomic E-state index is 0. The summed E-state index contributed by atoms with van der Waals surface area (Å²) in [5.41, 5.74) is 5.45. The van der Waals surface area contributed by atoms with E-state index in [0.29, 0.717) is 0 Å². The maximum Gasteiger partial charge on any atom is 4.00 e. The Morgan fingerprint density at radius 1 is 0.636 bits per heavy atom. The quantitative estimate of drug-likeness (QED) is 0.180. The van der Waals surface area contributed by atoms with Crippen molar-refractivity contribution in [1.29, 1.82) is 0 Å². The standard InChI is InChI=1S/C28H29Si.3ClH.Ti/c1-21-13-12-18-27(19-21)29(25-14-8-6-9-15-25,26-16-10-7-11-17-26)28(5)20-22(2)23(3)24(28)4;;;;/h6-19H,1-5H3;3*1H;/q-1;;;;+4/p-3.